The van der Waals surface area contributed by atoms with E-state index in [2.05, 4.69) is 4.74 Å². The summed E-state index contributed by atoms with van der Waals surface area (Å²) in [5.74, 6) is -2.23. The Morgan fingerprint density at radius 1 is 1.07 bits per heavy atom. The van der Waals surface area contributed by atoms with E-state index < -0.39 is 23.4 Å². The zero-order valence-electron chi connectivity index (χ0n) is 16.0. The lowest BCUT2D eigenvalue weighted by Gasteiger charge is -2.22. The van der Waals surface area contributed by atoms with Gasteiger partial charge in [0, 0.05) is 12.5 Å². The largest absolute Gasteiger partial charge is 0.480 e. The molecule has 1 heterocycles. The average Bonchev–Trinajstić information content (AvgIpc) is 3.33. The molecule has 0 radical (unpaired) electrons. The maximum absolute atomic E-state index is 12.6. The van der Waals surface area contributed by atoms with Crippen LogP contribution in [0.15, 0.2) is 48.5 Å². The lowest BCUT2D eigenvalue weighted by atomic mass is 9.87. The molecule has 1 atom stereocenters. The molecule has 1 fully saturated rings. The number of amides is 1. The number of methoxy groups -OCH3 is 1. The summed E-state index contributed by atoms with van der Waals surface area (Å²) in [6.45, 7) is 0.00537. The topological polar surface area (TPSA) is 93.1 Å². The first-order valence-electron chi connectivity index (χ1n) is 9.39. The predicted molar refractivity (Wildman–Crippen MR) is 103 cm³/mol. The van der Waals surface area contributed by atoms with Crippen LogP contribution in [0.1, 0.15) is 23.5 Å². The van der Waals surface area contributed by atoms with Crippen molar-refractivity contribution in [1.82, 2.24) is 4.90 Å². The van der Waals surface area contributed by atoms with E-state index in [1.54, 1.807) is 0 Å². The first-order chi connectivity index (χ1) is 14.0. The number of ether oxygens (including phenoxy) is 2. The van der Waals surface area contributed by atoms with Crippen LogP contribution in [0, 0.1) is 5.41 Å². The molecule has 1 N–H and O–H groups in total. The molecule has 29 heavy (non-hydrogen) atoms. The van der Waals surface area contributed by atoms with Crippen LogP contribution < -0.4 is 0 Å². The highest BCUT2D eigenvalue weighted by Crippen LogP contribution is 2.44. The molecule has 1 amide bonds. The van der Waals surface area contributed by atoms with E-state index in [1.807, 2.05) is 48.5 Å². The standard InChI is InChI=1S/C22H21NO6/c1-28-20(26)22(19(24)25)10-11-23(13-22)21(27)29-12-18-16-8-4-2-6-14(16)15-7-3-5-9-17(15)18/h2-9,18H,10-13H2,1H3,(H,24,25). The van der Waals surface area contributed by atoms with Crippen LogP contribution in [0.2, 0.25) is 0 Å². The van der Waals surface area contributed by atoms with E-state index in [-0.39, 0.29) is 32.0 Å². The third kappa shape index (κ3) is 3.03. The van der Waals surface area contributed by atoms with Crippen LogP contribution in [-0.4, -0.2) is 54.8 Å². The minimum absolute atomic E-state index is 0.000792. The first-order valence-corrected chi connectivity index (χ1v) is 9.39. The smallest absolute Gasteiger partial charge is 0.409 e. The average molecular weight is 395 g/mol. The Balaban J connectivity index is 1.48. The number of fused-ring (bicyclic) bond motifs is 3. The number of carbonyl (C=O) groups is 3. The zero-order valence-corrected chi connectivity index (χ0v) is 16.0. The van der Waals surface area contributed by atoms with Gasteiger partial charge in [0.2, 0.25) is 0 Å². The normalized spacial score (nSPS) is 20.1. The molecule has 7 nitrogen and oxygen atoms in total. The number of carboxylic acids is 1. The van der Waals surface area contributed by atoms with Crippen LogP contribution in [0.4, 0.5) is 4.79 Å². The van der Waals surface area contributed by atoms with E-state index in [0.29, 0.717) is 0 Å². The molecule has 2 aromatic carbocycles. The Kier molecular flexibility index (Phi) is 4.74. The van der Waals surface area contributed by atoms with Gasteiger partial charge in [0.15, 0.2) is 5.41 Å². The van der Waals surface area contributed by atoms with Gasteiger partial charge in [-0.3, -0.25) is 9.59 Å². The number of carbonyl (C=O) groups excluding carboxylic acids is 2. The van der Waals surface area contributed by atoms with Crippen LogP contribution in [0.3, 0.4) is 0 Å². The molecular weight excluding hydrogens is 374 g/mol. The van der Waals surface area contributed by atoms with Crippen LogP contribution in [0.25, 0.3) is 11.1 Å². The summed E-state index contributed by atoms with van der Waals surface area (Å²) in [7, 11) is 1.14. The molecular formula is C22H21NO6. The molecule has 0 aromatic heterocycles. The number of rotatable bonds is 4. The Bertz CT molecular complexity index is 941. The van der Waals surface area contributed by atoms with Crippen molar-refractivity contribution in [3.05, 3.63) is 59.7 Å². The van der Waals surface area contributed by atoms with Gasteiger partial charge in [0.25, 0.3) is 0 Å². The number of esters is 1. The lowest BCUT2D eigenvalue weighted by molar-refractivity contribution is -0.165. The molecule has 0 saturated carbocycles. The van der Waals surface area contributed by atoms with Crippen molar-refractivity contribution in [2.24, 2.45) is 5.41 Å². The third-order valence-electron chi connectivity index (χ3n) is 5.85. The summed E-state index contributed by atoms with van der Waals surface area (Å²) in [4.78, 5) is 37.5. The second kappa shape index (κ2) is 7.24. The highest BCUT2D eigenvalue weighted by atomic mass is 16.6. The number of hydrogen-bond acceptors (Lipinski definition) is 5. The van der Waals surface area contributed by atoms with Gasteiger partial charge in [-0.15, -0.1) is 0 Å². The minimum Gasteiger partial charge on any atom is -0.480 e. The van der Waals surface area contributed by atoms with Crippen LogP contribution >= 0.6 is 0 Å². The molecule has 4 rings (SSSR count). The molecule has 0 bridgehead atoms. The summed E-state index contributed by atoms with van der Waals surface area (Å²) in [5, 5.41) is 9.51. The van der Waals surface area contributed by atoms with Gasteiger partial charge >= 0.3 is 18.0 Å². The maximum Gasteiger partial charge on any atom is 0.409 e. The zero-order chi connectivity index (χ0) is 20.6. The highest BCUT2D eigenvalue weighted by molar-refractivity contribution is 6.00. The predicted octanol–water partition coefficient (Wildman–Crippen LogP) is 2.89. The second-order valence-electron chi connectivity index (χ2n) is 7.35. The fourth-order valence-electron chi connectivity index (χ4n) is 4.27. The molecule has 1 saturated heterocycles. The van der Waals surface area contributed by atoms with E-state index in [0.717, 1.165) is 29.4 Å². The molecule has 2 aromatic rings. The number of aliphatic carboxylic acids is 1. The van der Waals surface area contributed by atoms with Gasteiger partial charge in [0.1, 0.15) is 6.61 Å². The number of nitrogens with zero attached hydrogens (tertiary/aromatic N) is 1. The van der Waals surface area contributed by atoms with Crippen molar-refractivity contribution in [2.75, 3.05) is 26.8 Å². The van der Waals surface area contributed by atoms with Gasteiger partial charge in [-0.05, 0) is 28.7 Å². The van der Waals surface area contributed by atoms with Gasteiger partial charge in [-0.25, -0.2) is 4.79 Å². The van der Waals surface area contributed by atoms with E-state index >= 15 is 0 Å². The molecule has 1 aliphatic carbocycles. The Morgan fingerprint density at radius 2 is 1.66 bits per heavy atom. The quantitative estimate of drug-likeness (QED) is 0.632. The monoisotopic (exact) mass is 395 g/mol. The minimum atomic E-state index is -1.74. The number of benzene rings is 2. The number of carboxylic acid groups (broad SMARTS) is 1. The molecule has 0 spiro atoms. The van der Waals surface area contributed by atoms with Gasteiger partial charge in [0.05, 0.1) is 13.7 Å². The Morgan fingerprint density at radius 3 is 2.21 bits per heavy atom. The summed E-state index contributed by atoms with van der Waals surface area (Å²) < 4.78 is 10.2. The SMILES string of the molecule is COC(=O)C1(C(=O)O)CCN(C(=O)OCC2c3ccccc3-c3ccccc32)C1. The van der Waals surface area contributed by atoms with Crippen LogP contribution in [0.5, 0.6) is 0 Å². The van der Waals surface area contributed by atoms with Gasteiger partial charge < -0.3 is 19.5 Å². The second-order valence-corrected chi connectivity index (χ2v) is 7.35. The Hall–Kier alpha value is -3.35. The van der Waals surface area contributed by atoms with Crippen molar-refractivity contribution in [2.45, 2.75) is 12.3 Å². The Labute approximate surface area is 167 Å². The summed E-state index contributed by atoms with van der Waals surface area (Å²) in [6, 6.07) is 16.0. The van der Waals surface area contributed by atoms with Gasteiger partial charge in [-0.2, -0.15) is 0 Å². The van der Waals surface area contributed by atoms with Crippen molar-refractivity contribution in [3.8, 4) is 11.1 Å². The molecule has 7 heteroatoms. The molecule has 1 aliphatic heterocycles. The van der Waals surface area contributed by atoms with Crippen molar-refractivity contribution in [3.63, 3.8) is 0 Å². The van der Waals surface area contributed by atoms with Crippen molar-refractivity contribution in [1.29, 1.82) is 0 Å². The number of hydrogen-bond donors (Lipinski definition) is 1. The van der Waals surface area contributed by atoms with Crippen molar-refractivity contribution < 1.29 is 29.0 Å². The van der Waals surface area contributed by atoms with E-state index in [4.69, 9.17) is 4.74 Å². The summed E-state index contributed by atoms with van der Waals surface area (Å²) in [5.41, 5.74) is 2.71. The fraction of sp³-hybridized carbons (Fsp3) is 0.318. The van der Waals surface area contributed by atoms with E-state index in [9.17, 15) is 19.5 Å². The van der Waals surface area contributed by atoms with E-state index in [1.165, 1.54) is 4.90 Å². The number of likely N-dealkylation sites (tertiary alicyclic amines) is 1. The fourth-order valence-corrected chi connectivity index (χ4v) is 4.27. The van der Waals surface area contributed by atoms with Crippen molar-refractivity contribution >= 4 is 18.0 Å². The summed E-state index contributed by atoms with van der Waals surface area (Å²) in [6.07, 6.45) is -0.627. The molecule has 150 valence electrons. The molecule has 1 unspecified atom stereocenters. The van der Waals surface area contributed by atoms with Crippen LogP contribution in [-0.2, 0) is 19.1 Å². The summed E-state index contributed by atoms with van der Waals surface area (Å²) >= 11 is 0. The highest BCUT2D eigenvalue weighted by Gasteiger charge is 2.54. The first kappa shape index (κ1) is 19.0. The lowest BCUT2D eigenvalue weighted by Crippen LogP contribution is -2.43. The molecule has 2 aliphatic rings. The third-order valence-corrected chi connectivity index (χ3v) is 5.85. The maximum atomic E-state index is 12.6. The van der Waals surface area contributed by atoms with Gasteiger partial charge in [-0.1, -0.05) is 48.5 Å².